The monoisotopic (exact) mass is 281 g/mol. The molecule has 0 aliphatic heterocycles. The fourth-order valence-electron chi connectivity index (χ4n) is 1.96. The normalized spacial score (nSPS) is 14.3. The Balaban J connectivity index is 2.08. The number of nitrogens with zero attached hydrogens (tertiary/aromatic N) is 2. The maximum absolute atomic E-state index is 12.3. The van der Waals surface area contributed by atoms with Gasteiger partial charge in [0.15, 0.2) is 0 Å². The quantitative estimate of drug-likeness (QED) is 0.815. The average molecular weight is 282 g/mol. The minimum Gasteiger partial charge on any atom is -0.370 e. The van der Waals surface area contributed by atoms with Gasteiger partial charge in [0.2, 0.25) is 0 Å². The molecular weight excluding hydrogens is 262 g/mol. The van der Waals surface area contributed by atoms with Gasteiger partial charge in [0.25, 0.3) is 5.91 Å². The first-order chi connectivity index (χ1) is 9.10. The summed E-state index contributed by atoms with van der Waals surface area (Å²) in [5.41, 5.74) is 0.599. The van der Waals surface area contributed by atoms with Gasteiger partial charge in [-0.3, -0.25) is 4.79 Å². The van der Waals surface area contributed by atoms with Gasteiger partial charge in [0.1, 0.15) is 11.0 Å². The Kier molecular flexibility index (Phi) is 4.64. The van der Waals surface area contributed by atoms with E-state index in [4.69, 9.17) is 11.6 Å². The first-order valence-corrected chi connectivity index (χ1v) is 7.15. The van der Waals surface area contributed by atoms with Crippen LogP contribution in [0.3, 0.4) is 0 Å². The number of anilines is 1. The summed E-state index contributed by atoms with van der Waals surface area (Å²) in [4.78, 5) is 18.2. The summed E-state index contributed by atoms with van der Waals surface area (Å²) in [5, 5.41) is 3.51. The van der Waals surface area contributed by atoms with Crippen molar-refractivity contribution in [2.75, 3.05) is 25.5 Å². The zero-order chi connectivity index (χ0) is 13.8. The van der Waals surface area contributed by atoms with E-state index in [9.17, 15) is 4.79 Å². The van der Waals surface area contributed by atoms with Crippen LogP contribution in [-0.2, 0) is 0 Å². The van der Waals surface area contributed by atoms with E-state index in [1.807, 2.05) is 7.05 Å². The second kappa shape index (κ2) is 6.24. The number of pyridine rings is 1. The Morgan fingerprint density at radius 1 is 1.53 bits per heavy atom. The molecule has 0 spiro atoms. The van der Waals surface area contributed by atoms with Crippen LogP contribution in [0, 0.1) is 5.92 Å². The fraction of sp³-hybridized carbons (Fsp3) is 0.571. The number of halogens is 1. The van der Waals surface area contributed by atoms with Crippen molar-refractivity contribution >= 4 is 23.3 Å². The summed E-state index contributed by atoms with van der Waals surface area (Å²) in [6.45, 7) is 3.72. The molecule has 1 amide bonds. The van der Waals surface area contributed by atoms with E-state index in [-0.39, 0.29) is 5.91 Å². The van der Waals surface area contributed by atoms with E-state index in [1.54, 1.807) is 17.0 Å². The molecule has 1 saturated carbocycles. The summed E-state index contributed by atoms with van der Waals surface area (Å²) in [6, 6.07) is 3.40. The number of aromatic nitrogens is 1. The zero-order valence-corrected chi connectivity index (χ0v) is 12.2. The molecule has 2 rings (SSSR count). The second-order valence-electron chi connectivity index (χ2n) is 5.12. The van der Waals surface area contributed by atoms with Gasteiger partial charge in [-0.2, -0.15) is 0 Å². The van der Waals surface area contributed by atoms with Gasteiger partial charge in [-0.05, 0) is 37.3 Å². The summed E-state index contributed by atoms with van der Waals surface area (Å²) < 4.78 is 0. The van der Waals surface area contributed by atoms with Crippen molar-refractivity contribution in [1.82, 2.24) is 9.88 Å². The minimum atomic E-state index is 0.00995. The fourth-order valence-corrected chi connectivity index (χ4v) is 2.16. The molecule has 4 nitrogen and oxygen atoms in total. The third-order valence-electron chi connectivity index (χ3n) is 3.17. The second-order valence-corrected chi connectivity index (χ2v) is 5.51. The molecule has 1 fully saturated rings. The number of carbonyl (C=O) groups is 1. The maximum atomic E-state index is 12.3. The van der Waals surface area contributed by atoms with Crippen molar-refractivity contribution in [3.8, 4) is 0 Å². The third kappa shape index (κ3) is 4.10. The van der Waals surface area contributed by atoms with Gasteiger partial charge in [-0.15, -0.1) is 0 Å². The van der Waals surface area contributed by atoms with Crippen molar-refractivity contribution in [2.45, 2.75) is 26.2 Å². The van der Waals surface area contributed by atoms with E-state index in [1.165, 1.54) is 12.8 Å². The van der Waals surface area contributed by atoms with Crippen molar-refractivity contribution in [1.29, 1.82) is 0 Å². The zero-order valence-electron chi connectivity index (χ0n) is 11.4. The molecule has 1 N–H and O–H groups in total. The Labute approximate surface area is 119 Å². The van der Waals surface area contributed by atoms with E-state index >= 15 is 0 Å². The largest absolute Gasteiger partial charge is 0.370 e. The van der Waals surface area contributed by atoms with Crippen LogP contribution in [0.2, 0.25) is 5.15 Å². The van der Waals surface area contributed by atoms with E-state index in [2.05, 4.69) is 17.2 Å². The SMILES string of the molecule is CCCNc1cc(C(=O)N(C)CC2CC2)cc(Cl)n1. The Morgan fingerprint density at radius 3 is 2.89 bits per heavy atom. The summed E-state index contributed by atoms with van der Waals surface area (Å²) in [5.74, 6) is 1.36. The number of amides is 1. The lowest BCUT2D eigenvalue weighted by Crippen LogP contribution is -2.28. The van der Waals surface area contributed by atoms with Gasteiger partial charge < -0.3 is 10.2 Å². The van der Waals surface area contributed by atoms with Gasteiger partial charge in [-0.1, -0.05) is 18.5 Å². The Bertz CT molecular complexity index is 460. The van der Waals surface area contributed by atoms with Crippen molar-refractivity contribution in [2.24, 2.45) is 5.92 Å². The minimum absolute atomic E-state index is 0.00995. The molecule has 0 atom stereocenters. The molecule has 104 valence electrons. The third-order valence-corrected chi connectivity index (χ3v) is 3.37. The molecule has 0 bridgehead atoms. The molecule has 0 radical (unpaired) electrons. The molecule has 1 heterocycles. The molecule has 19 heavy (non-hydrogen) atoms. The van der Waals surface area contributed by atoms with Crippen molar-refractivity contribution in [3.05, 3.63) is 22.8 Å². The van der Waals surface area contributed by atoms with Crippen LogP contribution in [0.1, 0.15) is 36.5 Å². The molecule has 0 unspecified atom stereocenters. The van der Waals surface area contributed by atoms with E-state index in [0.29, 0.717) is 22.5 Å². The first kappa shape index (κ1) is 14.1. The average Bonchev–Trinajstić information content (AvgIpc) is 3.18. The number of hydrogen-bond acceptors (Lipinski definition) is 3. The van der Waals surface area contributed by atoms with Crippen LogP contribution in [0.25, 0.3) is 0 Å². The Morgan fingerprint density at radius 2 is 2.26 bits per heavy atom. The highest BCUT2D eigenvalue weighted by molar-refractivity contribution is 6.29. The molecule has 5 heteroatoms. The van der Waals surface area contributed by atoms with E-state index < -0.39 is 0 Å². The number of rotatable bonds is 6. The molecule has 0 aromatic carbocycles. The van der Waals surface area contributed by atoms with Crippen molar-refractivity contribution in [3.63, 3.8) is 0 Å². The van der Waals surface area contributed by atoms with Crippen LogP contribution >= 0.6 is 11.6 Å². The van der Waals surface area contributed by atoms with E-state index in [0.717, 1.165) is 19.5 Å². The lowest BCUT2D eigenvalue weighted by Gasteiger charge is -2.17. The highest BCUT2D eigenvalue weighted by atomic mass is 35.5. The first-order valence-electron chi connectivity index (χ1n) is 6.77. The van der Waals surface area contributed by atoms with Crippen molar-refractivity contribution < 1.29 is 4.79 Å². The molecule has 1 aliphatic carbocycles. The summed E-state index contributed by atoms with van der Waals surface area (Å²) in [6.07, 6.45) is 3.47. The topological polar surface area (TPSA) is 45.2 Å². The van der Waals surface area contributed by atoms with Gasteiger partial charge >= 0.3 is 0 Å². The molecule has 1 aromatic rings. The highest BCUT2D eigenvalue weighted by Gasteiger charge is 2.25. The smallest absolute Gasteiger partial charge is 0.253 e. The van der Waals surface area contributed by atoms with Crippen LogP contribution < -0.4 is 5.32 Å². The standard InChI is InChI=1S/C14H20ClN3O/c1-3-6-16-13-8-11(7-12(15)17-13)14(19)18(2)9-10-4-5-10/h7-8,10H,3-6,9H2,1-2H3,(H,16,17). The van der Waals surface area contributed by atoms with Gasteiger partial charge in [0, 0.05) is 25.7 Å². The lowest BCUT2D eigenvalue weighted by molar-refractivity contribution is 0.0788. The molecule has 1 aliphatic rings. The number of carbonyl (C=O) groups excluding carboxylic acids is 1. The predicted molar refractivity (Wildman–Crippen MR) is 77.7 cm³/mol. The maximum Gasteiger partial charge on any atom is 0.253 e. The number of hydrogen-bond donors (Lipinski definition) is 1. The van der Waals surface area contributed by atoms with Crippen LogP contribution in [0.5, 0.6) is 0 Å². The summed E-state index contributed by atoms with van der Waals surface area (Å²) >= 11 is 5.97. The molecular formula is C14H20ClN3O. The summed E-state index contributed by atoms with van der Waals surface area (Å²) in [7, 11) is 1.84. The lowest BCUT2D eigenvalue weighted by atomic mass is 10.2. The Hall–Kier alpha value is -1.29. The molecule has 1 aromatic heterocycles. The van der Waals surface area contributed by atoms with Crippen LogP contribution in [0.15, 0.2) is 12.1 Å². The highest BCUT2D eigenvalue weighted by Crippen LogP contribution is 2.29. The number of nitrogens with one attached hydrogen (secondary N) is 1. The van der Waals surface area contributed by atoms with Gasteiger partial charge in [0.05, 0.1) is 0 Å². The molecule has 0 saturated heterocycles. The van der Waals surface area contributed by atoms with Gasteiger partial charge in [-0.25, -0.2) is 4.98 Å². The van der Waals surface area contributed by atoms with Crippen LogP contribution in [0.4, 0.5) is 5.82 Å². The van der Waals surface area contributed by atoms with Crippen LogP contribution in [-0.4, -0.2) is 35.9 Å². The predicted octanol–water partition coefficient (Wildman–Crippen LogP) is 3.04.